The highest BCUT2D eigenvalue weighted by Crippen LogP contribution is 2.13. The summed E-state index contributed by atoms with van der Waals surface area (Å²) >= 11 is 0. The van der Waals surface area contributed by atoms with Crippen LogP contribution in [0.3, 0.4) is 0 Å². The molecule has 0 fully saturated rings. The van der Waals surface area contributed by atoms with E-state index in [2.05, 4.69) is 37.9 Å². The normalized spacial score (nSPS) is 11.4. The van der Waals surface area contributed by atoms with Gasteiger partial charge in [0.25, 0.3) is 0 Å². The molecule has 0 aliphatic rings. The van der Waals surface area contributed by atoms with Gasteiger partial charge in [0, 0.05) is 24.0 Å². The molecule has 0 atom stereocenters. The van der Waals surface area contributed by atoms with Crippen molar-refractivity contribution in [2.45, 2.75) is 46.6 Å². The van der Waals surface area contributed by atoms with Gasteiger partial charge in [-0.3, -0.25) is 9.69 Å². The van der Waals surface area contributed by atoms with E-state index in [4.69, 9.17) is 5.73 Å². The third-order valence-corrected chi connectivity index (χ3v) is 3.60. The van der Waals surface area contributed by atoms with Gasteiger partial charge in [-0.25, -0.2) is 0 Å². The van der Waals surface area contributed by atoms with Crippen molar-refractivity contribution in [2.75, 3.05) is 24.1 Å². The molecule has 0 saturated carbocycles. The average Bonchev–Trinajstić information content (AvgIpc) is 2.42. The molecule has 1 aromatic carbocycles. The Morgan fingerprint density at radius 1 is 1.19 bits per heavy atom. The number of amides is 1. The van der Waals surface area contributed by atoms with Crippen molar-refractivity contribution in [3.63, 3.8) is 0 Å². The Morgan fingerprint density at radius 2 is 1.76 bits per heavy atom. The Morgan fingerprint density at radius 3 is 2.24 bits per heavy atom. The van der Waals surface area contributed by atoms with E-state index in [1.165, 1.54) is 0 Å². The summed E-state index contributed by atoms with van der Waals surface area (Å²) in [5.41, 5.74) is 7.14. The van der Waals surface area contributed by atoms with Crippen molar-refractivity contribution in [3.8, 4) is 0 Å². The molecule has 0 unspecified atom stereocenters. The lowest BCUT2D eigenvalue weighted by atomic mass is 10.1. The topological polar surface area (TPSA) is 58.4 Å². The summed E-state index contributed by atoms with van der Waals surface area (Å²) in [6, 6.07) is 7.71. The van der Waals surface area contributed by atoms with E-state index in [1.54, 1.807) is 12.1 Å². The fourth-order valence-electron chi connectivity index (χ4n) is 2.57. The van der Waals surface area contributed by atoms with Crippen LogP contribution < -0.4 is 11.1 Å². The molecule has 0 saturated heterocycles. The number of carbonyl (C=O) groups excluding carboxylic acids is 1. The van der Waals surface area contributed by atoms with Crippen molar-refractivity contribution in [2.24, 2.45) is 5.92 Å². The van der Waals surface area contributed by atoms with Gasteiger partial charge in [-0.1, -0.05) is 27.7 Å². The molecule has 118 valence electrons. The first-order valence-corrected chi connectivity index (χ1v) is 7.85. The second-order valence-corrected chi connectivity index (χ2v) is 5.96. The van der Waals surface area contributed by atoms with Crippen molar-refractivity contribution >= 4 is 17.3 Å². The van der Waals surface area contributed by atoms with Gasteiger partial charge in [-0.2, -0.15) is 0 Å². The van der Waals surface area contributed by atoms with Crippen LogP contribution in [-0.2, 0) is 4.79 Å². The van der Waals surface area contributed by atoms with E-state index in [1.807, 2.05) is 12.1 Å². The molecular formula is C17H29N3O. The minimum atomic E-state index is 0.0346. The molecule has 0 radical (unpaired) electrons. The van der Waals surface area contributed by atoms with Crippen LogP contribution in [0.25, 0.3) is 0 Å². The van der Waals surface area contributed by atoms with Crippen LogP contribution >= 0.6 is 0 Å². The monoisotopic (exact) mass is 291 g/mol. The molecule has 0 bridgehead atoms. The molecule has 0 heterocycles. The zero-order valence-corrected chi connectivity index (χ0v) is 13.7. The van der Waals surface area contributed by atoms with Crippen molar-refractivity contribution in [3.05, 3.63) is 24.3 Å². The maximum Gasteiger partial charge on any atom is 0.238 e. The molecule has 3 N–H and O–H groups in total. The second-order valence-electron chi connectivity index (χ2n) is 5.96. The molecule has 21 heavy (non-hydrogen) atoms. The molecule has 4 nitrogen and oxygen atoms in total. The number of hydrogen-bond donors (Lipinski definition) is 2. The van der Waals surface area contributed by atoms with Crippen molar-refractivity contribution < 1.29 is 4.79 Å². The number of anilines is 2. The number of benzene rings is 1. The maximum absolute atomic E-state index is 12.2. The van der Waals surface area contributed by atoms with E-state index in [-0.39, 0.29) is 5.91 Å². The first-order valence-electron chi connectivity index (χ1n) is 7.85. The molecule has 4 heteroatoms. The van der Waals surface area contributed by atoms with Gasteiger partial charge in [0.1, 0.15) is 0 Å². The van der Waals surface area contributed by atoms with Crippen molar-refractivity contribution in [1.29, 1.82) is 0 Å². The Balaban J connectivity index is 2.64. The van der Waals surface area contributed by atoms with Gasteiger partial charge >= 0.3 is 0 Å². The Hall–Kier alpha value is -1.55. The number of carbonyl (C=O) groups is 1. The largest absolute Gasteiger partial charge is 0.399 e. The first-order chi connectivity index (χ1) is 9.96. The van der Waals surface area contributed by atoms with Crippen LogP contribution in [0.5, 0.6) is 0 Å². The van der Waals surface area contributed by atoms with E-state index in [9.17, 15) is 4.79 Å². The Kier molecular flexibility index (Phi) is 7.23. The summed E-state index contributed by atoms with van der Waals surface area (Å²) < 4.78 is 0. The summed E-state index contributed by atoms with van der Waals surface area (Å²) in [7, 11) is 0. The number of nitrogens with one attached hydrogen (secondary N) is 1. The first kappa shape index (κ1) is 17.5. The lowest BCUT2D eigenvalue weighted by Crippen LogP contribution is -2.42. The van der Waals surface area contributed by atoms with Crippen LogP contribution in [0.4, 0.5) is 11.4 Å². The molecule has 1 amide bonds. The summed E-state index contributed by atoms with van der Waals surface area (Å²) in [6.07, 6.45) is 2.14. The fraction of sp³-hybridized carbons (Fsp3) is 0.588. The summed E-state index contributed by atoms with van der Waals surface area (Å²) in [4.78, 5) is 14.5. The molecular weight excluding hydrogens is 262 g/mol. The Labute approximate surface area is 128 Å². The van der Waals surface area contributed by atoms with Gasteiger partial charge in [-0.15, -0.1) is 0 Å². The predicted octanol–water partition coefficient (Wildman–Crippen LogP) is 3.35. The summed E-state index contributed by atoms with van der Waals surface area (Å²) in [5, 5.41) is 2.94. The Bertz CT molecular complexity index is 424. The van der Waals surface area contributed by atoms with E-state index >= 15 is 0 Å². The standard InChI is InChI=1S/C17H29N3O/c1-5-16(6-2)20(11-13(3)4)12-17(21)19-15-9-7-14(18)8-10-15/h7-10,13,16H,5-6,11-12,18H2,1-4H3,(H,19,21). The van der Waals surface area contributed by atoms with E-state index in [0.29, 0.717) is 24.2 Å². The zero-order chi connectivity index (χ0) is 15.8. The highest BCUT2D eigenvalue weighted by atomic mass is 16.2. The highest BCUT2D eigenvalue weighted by Gasteiger charge is 2.19. The zero-order valence-electron chi connectivity index (χ0n) is 13.7. The lowest BCUT2D eigenvalue weighted by molar-refractivity contribution is -0.118. The molecule has 0 spiro atoms. The predicted molar refractivity (Wildman–Crippen MR) is 90.3 cm³/mol. The SMILES string of the molecule is CCC(CC)N(CC(=O)Nc1ccc(N)cc1)CC(C)C. The van der Waals surface area contributed by atoms with Gasteiger partial charge in [0.05, 0.1) is 6.54 Å². The second kappa shape index (κ2) is 8.67. The third-order valence-electron chi connectivity index (χ3n) is 3.60. The van der Waals surface area contributed by atoms with Gasteiger partial charge < -0.3 is 11.1 Å². The number of nitrogens with zero attached hydrogens (tertiary/aromatic N) is 1. The molecule has 1 rings (SSSR count). The van der Waals surface area contributed by atoms with Crippen LogP contribution in [0.1, 0.15) is 40.5 Å². The number of nitrogens with two attached hydrogens (primary N) is 1. The summed E-state index contributed by atoms with van der Waals surface area (Å²) in [6.45, 7) is 10.1. The summed E-state index contributed by atoms with van der Waals surface area (Å²) in [5.74, 6) is 0.585. The van der Waals surface area contributed by atoms with E-state index in [0.717, 1.165) is 25.1 Å². The minimum Gasteiger partial charge on any atom is -0.399 e. The molecule has 0 aromatic heterocycles. The van der Waals surface area contributed by atoms with Crippen LogP contribution in [-0.4, -0.2) is 29.9 Å². The number of rotatable bonds is 8. The number of nitrogen functional groups attached to an aromatic ring is 1. The van der Waals surface area contributed by atoms with Crippen LogP contribution in [0.2, 0.25) is 0 Å². The average molecular weight is 291 g/mol. The van der Waals surface area contributed by atoms with Crippen molar-refractivity contribution in [1.82, 2.24) is 4.90 Å². The molecule has 1 aromatic rings. The maximum atomic E-state index is 12.2. The van der Waals surface area contributed by atoms with Crippen LogP contribution in [0.15, 0.2) is 24.3 Å². The quantitative estimate of drug-likeness (QED) is 0.722. The number of hydrogen-bond acceptors (Lipinski definition) is 3. The molecule has 0 aliphatic carbocycles. The third kappa shape index (κ3) is 6.17. The van der Waals surface area contributed by atoms with E-state index < -0.39 is 0 Å². The van der Waals surface area contributed by atoms with Gasteiger partial charge in [0.2, 0.25) is 5.91 Å². The molecule has 0 aliphatic heterocycles. The smallest absolute Gasteiger partial charge is 0.238 e. The highest BCUT2D eigenvalue weighted by molar-refractivity contribution is 5.92. The lowest BCUT2D eigenvalue weighted by Gasteiger charge is -2.31. The van der Waals surface area contributed by atoms with Crippen LogP contribution in [0, 0.1) is 5.92 Å². The van der Waals surface area contributed by atoms with Gasteiger partial charge in [-0.05, 0) is 43.0 Å². The minimum absolute atomic E-state index is 0.0346. The fourth-order valence-corrected chi connectivity index (χ4v) is 2.57. The van der Waals surface area contributed by atoms with Gasteiger partial charge in [0.15, 0.2) is 0 Å².